The number of rotatable bonds is 5. The molecule has 25 heavy (non-hydrogen) atoms. The van der Waals surface area contributed by atoms with Gasteiger partial charge in [-0.25, -0.2) is 13.4 Å². The van der Waals surface area contributed by atoms with Crippen molar-refractivity contribution >= 4 is 21.4 Å². The van der Waals surface area contributed by atoms with Crippen LogP contribution in [0, 0.1) is 6.92 Å². The van der Waals surface area contributed by atoms with Gasteiger partial charge in [0.1, 0.15) is 5.82 Å². The van der Waals surface area contributed by atoms with Gasteiger partial charge in [-0.1, -0.05) is 0 Å². The van der Waals surface area contributed by atoms with Crippen molar-refractivity contribution in [2.75, 3.05) is 30.4 Å². The highest BCUT2D eigenvalue weighted by molar-refractivity contribution is 7.91. The van der Waals surface area contributed by atoms with E-state index in [1.54, 1.807) is 24.1 Å². The van der Waals surface area contributed by atoms with Gasteiger partial charge in [-0.3, -0.25) is 14.8 Å². The molecule has 1 fully saturated rings. The van der Waals surface area contributed by atoms with Gasteiger partial charge in [-0.15, -0.1) is 0 Å². The molecule has 1 aromatic heterocycles. The van der Waals surface area contributed by atoms with E-state index in [-0.39, 0.29) is 30.0 Å². The lowest BCUT2D eigenvalue weighted by Gasteiger charge is -2.22. The van der Waals surface area contributed by atoms with Gasteiger partial charge in [0.05, 0.1) is 18.1 Å². The minimum absolute atomic E-state index is 0.0906. The van der Waals surface area contributed by atoms with Crippen LogP contribution in [0.25, 0.3) is 11.4 Å². The standard InChI is InChI=1S/C16H21N5O3S/c1-11-17-16(20-19-11)12-3-5-13(6-4-12)18-15(22)9-21(2)14-7-8-25(23,24)10-14/h3-6,14H,7-10H2,1-2H3,(H,18,22)(H,17,19,20). The summed E-state index contributed by atoms with van der Waals surface area (Å²) < 4.78 is 23.1. The number of amides is 1. The summed E-state index contributed by atoms with van der Waals surface area (Å²) in [4.78, 5) is 18.2. The largest absolute Gasteiger partial charge is 0.325 e. The number of hydrogen-bond acceptors (Lipinski definition) is 6. The van der Waals surface area contributed by atoms with E-state index in [1.807, 2.05) is 19.1 Å². The predicted octanol–water partition coefficient (Wildman–Crippen LogP) is 0.838. The molecule has 0 saturated carbocycles. The highest BCUT2D eigenvalue weighted by Gasteiger charge is 2.31. The molecule has 0 aliphatic carbocycles. The van der Waals surface area contributed by atoms with Crippen LogP contribution < -0.4 is 5.32 Å². The number of anilines is 1. The van der Waals surface area contributed by atoms with E-state index in [4.69, 9.17) is 0 Å². The van der Waals surface area contributed by atoms with Gasteiger partial charge in [0.25, 0.3) is 0 Å². The number of carbonyl (C=O) groups excluding carboxylic acids is 1. The monoisotopic (exact) mass is 363 g/mol. The topological polar surface area (TPSA) is 108 Å². The van der Waals surface area contributed by atoms with E-state index in [0.717, 1.165) is 11.4 Å². The van der Waals surface area contributed by atoms with E-state index in [1.165, 1.54) is 0 Å². The molecule has 134 valence electrons. The molecule has 1 aliphatic rings. The summed E-state index contributed by atoms with van der Waals surface area (Å²) in [7, 11) is -1.17. The second kappa shape index (κ2) is 6.93. The third-order valence-corrected chi connectivity index (χ3v) is 6.00. The lowest BCUT2D eigenvalue weighted by Crippen LogP contribution is -2.38. The highest BCUT2D eigenvalue weighted by Crippen LogP contribution is 2.19. The molecule has 0 spiro atoms. The first-order valence-electron chi connectivity index (χ1n) is 8.02. The van der Waals surface area contributed by atoms with Crippen molar-refractivity contribution in [3.05, 3.63) is 30.1 Å². The molecule has 2 aromatic rings. The Kier molecular flexibility index (Phi) is 4.87. The molecule has 1 unspecified atom stereocenters. The highest BCUT2D eigenvalue weighted by atomic mass is 32.2. The average molecular weight is 363 g/mol. The molecule has 0 radical (unpaired) electrons. The second-order valence-electron chi connectivity index (χ2n) is 6.34. The van der Waals surface area contributed by atoms with Crippen molar-refractivity contribution < 1.29 is 13.2 Å². The third kappa shape index (κ3) is 4.43. The zero-order valence-corrected chi connectivity index (χ0v) is 15.0. The van der Waals surface area contributed by atoms with Crippen LogP contribution in [0.15, 0.2) is 24.3 Å². The lowest BCUT2D eigenvalue weighted by atomic mass is 10.2. The van der Waals surface area contributed by atoms with E-state index < -0.39 is 9.84 Å². The van der Waals surface area contributed by atoms with Crippen LogP contribution in [0.2, 0.25) is 0 Å². The number of aryl methyl sites for hydroxylation is 1. The summed E-state index contributed by atoms with van der Waals surface area (Å²) >= 11 is 0. The van der Waals surface area contributed by atoms with Crippen molar-refractivity contribution in [2.45, 2.75) is 19.4 Å². The molecular weight excluding hydrogens is 342 g/mol. The number of hydrogen-bond donors (Lipinski definition) is 2. The van der Waals surface area contributed by atoms with E-state index in [9.17, 15) is 13.2 Å². The predicted molar refractivity (Wildman–Crippen MR) is 94.9 cm³/mol. The Labute approximate surface area is 146 Å². The van der Waals surface area contributed by atoms with Gasteiger partial charge < -0.3 is 5.32 Å². The summed E-state index contributed by atoms with van der Waals surface area (Å²) in [5.41, 5.74) is 1.53. The third-order valence-electron chi connectivity index (χ3n) is 4.25. The number of likely N-dealkylation sites (N-methyl/N-ethyl adjacent to an activating group) is 1. The minimum Gasteiger partial charge on any atom is -0.325 e. The summed E-state index contributed by atoms with van der Waals surface area (Å²) in [6.45, 7) is 1.99. The molecular formula is C16H21N5O3S. The molecule has 8 nitrogen and oxygen atoms in total. The number of benzene rings is 1. The Morgan fingerprint density at radius 1 is 1.36 bits per heavy atom. The normalized spacial score (nSPS) is 19.2. The van der Waals surface area contributed by atoms with E-state index in [0.29, 0.717) is 17.9 Å². The molecule has 1 atom stereocenters. The fourth-order valence-corrected chi connectivity index (χ4v) is 4.66. The number of nitrogens with zero attached hydrogens (tertiary/aromatic N) is 3. The van der Waals surface area contributed by atoms with Crippen LogP contribution in [-0.2, 0) is 14.6 Å². The number of aromatic amines is 1. The van der Waals surface area contributed by atoms with Gasteiger partial charge in [0.15, 0.2) is 15.7 Å². The number of sulfone groups is 1. The molecule has 1 aromatic carbocycles. The Bertz CT molecular complexity index is 860. The minimum atomic E-state index is -2.95. The lowest BCUT2D eigenvalue weighted by molar-refractivity contribution is -0.117. The molecule has 0 bridgehead atoms. The van der Waals surface area contributed by atoms with Gasteiger partial charge in [0, 0.05) is 17.3 Å². The molecule has 2 N–H and O–H groups in total. The Balaban J connectivity index is 1.56. The maximum atomic E-state index is 12.2. The SMILES string of the molecule is Cc1nc(-c2ccc(NC(=O)CN(C)C3CCS(=O)(=O)C3)cc2)n[nH]1. The van der Waals surface area contributed by atoms with Gasteiger partial charge >= 0.3 is 0 Å². The van der Waals surface area contributed by atoms with Crippen molar-refractivity contribution in [3.8, 4) is 11.4 Å². The van der Waals surface area contributed by atoms with Crippen LogP contribution in [0.1, 0.15) is 12.2 Å². The second-order valence-corrected chi connectivity index (χ2v) is 8.57. The Hall–Kier alpha value is -2.26. The summed E-state index contributed by atoms with van der Waals surface area (Å²) in [5, 5.41) is 9.70. The van der Waals surface area contributed by atoms with Crippen molar-refractivity contribution in [1.29, 1.82) is 0 Å². The fourth-order valence-electron chi connectivity index (χ4n) is 2.85. The maximum absolute atomic E-state index is 12.2. The number of aromatic nitrogens is 3. The van der Waals surface area contributed by atoms with Crippen LogP contribution in [0.5, 0.6) is 0 Å². The Morgan fingerprint density at radius 3 is 2.64 bits per heavy atom. The summed E-state index contributed by atoms with van der Waals surface area (Å²) in [5.74, 6) is 1.50. The molecule has 9 heteroatoms. The zero-order chi connectivity index (χ0) is 18.0. The Morgan fingerprint density at radius 2 is 2.08 bits per heavy atom. The quantitative estimate of drug-likeness (QED) is 0.815. The first-order valence-corrected chi connectivity index (χ1v) is 9.84. The first-order chi connectivity index (χ1) is 11.8. The first kappa shape index (κ1) is 17.6. The van der Waals surface area contributed by atoms with Gasteiger partial charge in [-0.2, -0.15) is 5.10 Å². The maximum Gasteiger partial charge on any atom is 0.238 e. The summed E-state index contributed by atoms with van der Waals surface area (Å²) in [6.07, 6.45) is 0.580. The number of nitrogens with one attached hydrogen (secondary N) is 2. The molecule has 3 rings (SSSR count). The van der Waals surface area contributed by atoms with E-state index >= 15 is 0 Å². The average Bonchev–Trinajstić information content (AvgIpc) is 3.13. The molecule has 1 amide bonds. The zero-order valence-electron chi connectivity index (χ0n) is 14.2. The van der Waals surface area contributed by atoms with Crippen molar-refractivity contribution in [1.82, 2.24) is 20.1 Å². The van der Waals surface area contributed by atoms with Gasteiger partial charge in [-0.05, 0) is 44.7 Å². The van der Waals surface area contributed by atoms with Crippen LogP contribution >= 0.6 is 0 Å². The van der Waals surface area contributed by atoms with Crippen molar-refractivity contribution in [2.24, 2.45) is 0 Å². The smallest absolute Gasteiger partial charge is 0.238 e. The number of H-pyrrole nitrogens is 1. The van der Waals surface area contributed by atoms with E-state index in [2.05, 4.69) is 20.5 Å². The molecule has 1 aliphatic heterocycles. The number of carbonyl (C=O) groups is 1. The summed E-state index contributed by atoms with van der Waals surface area (Å²) in [6, 6.07) is 7.17. The fraction of sp³-hybridized carbons (Fsp3) is 0.438. The molecule has 2 heterocycles. The van der Waals surface area contributed by atoms with Crippen LogP contribution in [-0.4, -0.2) is 65.5 Å². The van der Waals surface area contributed by atoms with Gasteiger partial charge in [0.2, 0.25) is 5.91 Å². The van der Waals surface area contributed by atoms with Crippen LogP contribution in [0.3, 0.4) is 0 Å². The molecule has 1 saturated heterocycles. The van der Waals surface area contributed by atoms with Crippen molar-refractivity contribution in [3.63, 3.8) is 0 Å². The van der Waals surface area contributed by atoms with Crippen LogP contribution in [0.4, 0.5) is 5.69 Å².